The number of hydrogen-bond acceptors (Lipinski definition) is 4. The topological polar surface area (TPSA) is 34.1 Å². The highest BCUT2D eigenvalue weighted by Crippen LogP contribution is 2.18. The molecule has 16 heavy (non-hydrogen) atoms. The van der Waals surface area contributed by atoms with Crippen molar-refractivity contribution < 1.29 is 4.74 Å². The van der Waals surface area contributed by atoms with Crippen molar-refractivity contribution in [1.82, 2.24) is 4.98 Å². The van der Waals surface area contributed by atoms with E-state index in [1.54, 1.807) is 11.3 Å². The van der Waals surface area contributed by atoms with Gasteiger partial charge in [0.15, 0.2) is 5.13 Å². The number of hydrogen-bond donors (Lipinski definition) is 1. The molecule has 0 amide bonds. The lowest BCUT2D eigenvalue weighted by Crippen LogP contribution is -2.30. The van der Waals surface area contributed by atoms with E-state index in [0.29, 0.717) is 12.0 Å². The molecule has 1 unspecified atom stereocenters. The summed E-state index contributed by atoms with van der Waals surface area (Å²) in [5.74, 6) is 0.542. The maximum atomic E-state index is 5.48. The predicted octanol–water partition coefficient (Wildman–Crippen LogP) is 3.18. The lowest BCUT2D eigenvalue weighted by atomic mass is 10.1. The summed E-state index contributed by atoms with van der Waals surface area (Å²) in [4.78, 5) is 4.51. The first-order valence-electron chi connectivity index (χ1n) is 5.96. The zero-order valence-corrected chi connectivity index (χ0v) is 11.4. The predicted molar refractivity (Wildman–Crippen MR) is 70.2 cm³/mol. The Balaban J connectivity index is 2.53. The molecule has 0 spiro atoms. The molecule has 0 saturated carbocycles. The first-order chi connectivity index (χ1) is 7.67. The summed E-state index contributed by atoms with van der Waals surface area (Å²) in [6, 6.07) is 0.343. The van der Waals surface area contributed by atoms with Gasteiger partial charge in [-0.3, -0.25) is 0 Å². The van der Waals surface area contributed by atoms with Crippen LogP contribution in [0, 0.1) is 5.92 Å². The van der Waals surface area contributed by atoms with Crippen LogP contribution >= 0.6 is 11.3 Å². The van der Waals surface area contributed by atoms with Gasteiger partial charge in [0.1, 0.15) is 0 Å². The lowest BCUT2D eigenvalue weighted by molar-refractivity contribution is 0.127. The van der Waals surface area contributed by atoms with Crippen LogP contribution in [-0.4, -0.2) is 24.2 Å². The molecule has 0 radical (unpaired) electrons. The Morgan fingerprint density at radius 1 is 1.44 bits per heavy atom. The maximum absolute atomic E-state index is 5.48. The Kier molecular flexibility index (Phi) is 5.77. The number of thiazole rings is 1. The lowest BCUT2D eigenvalue weighted by Gasteiger charge is -2.21. The summed E-state index contributed by atoms with van der Waals surface area (Å²) >= 11 is 1.68. The van der Waals surface area contributed by atoms with Crippen LogP contribution in [0.1, 0.15) is 33.4 Å². The van der Waals surface area contributed by atoms with Crippen LogP contribution in [0.25, 0.3) is 0 Å². The van der Waals surface area contributed by atoms with Crippen molar-refractivity contribution in [2.45, 2.75) is 40.2 Å². The van der Waals surface area contributed by atoms with Crippen LogP contribution in [0.5, 0.6) is 0 Å². The summed E-state index contributed by atoms with van der Waals surface area (Å²) in [5, 5.41) is 6.57. The van der Waals surface area contributed by atoms with Gasteiger partial charge in [0.05, 0.1) is 18.3 Å². The Hall–Kier alpha value is -0.610. The van der Waals surface area contributed by atoms with Crippen molar-refractivity contribution in [2.75, 3.05) is 18.5 Å². The van der Waals surface area contributed by atoms with Crippen LogP contribution in [0.2, 0.25) is 0 Å². The molecule has 0 aliphatic carbocycles. The van der Waals surface area contributed by atoms with E-state index in [1.807, 2.05) is 6.92 Å². The van der Waals surface area contributed by atoms with E-state index in [4.69, 9.17) is 4.74 Å². The van der Waals surface area contributed by atoms with Gasteiger partial charge < -0.3 is 10.1 Å². The number of nitrogens with one attached hydrogen (secondary N) is 1. The van der Waals surface area contributed by atoms with Crippen LogP contribution in [0.3, 0.4) is 0 Å². The van der Waals surface area contributed by atoms with E-state index < -0.39 is 0 Å². The van der Waals surface area contributed by atoms with Gasteiger partial charge in [-0.1, -0.05) is 20.8 Å². The number of aryl methyl sites for hydroxylation is 1. The van der Waals surface area contributed by atoms with E-state index >= 15 is 0 Å². The Morgan fingerprint density at radius 2 is 2.19 bits per heavy atom. The second kappa shape index (κ2) is 6.86. The number of rotatable bonds is 7. The molecular formula is C12H22N2OS. The summed E-state index contributed by atoms with van der Waals surface area (Å²) in [5.41, 5.74) is 1.16. The van der Waals surface area contributed by atoms with Gasteiger partial charge >= 0.3 is 0 Å². The molecule has 3 nitrogen and oxygen atoms in total. The summed E-state index contributed by atoms with van der Waals surface area (Å²) in [6.07, 6.45) is 0.996. The van der Waals surface area contributed by atoms with Crippen molar-refractivity contribution in [2.24, 2.45) is 5.92 Å². The van der Waals surface area contributed by atoms with Gasteiger partial charge in [-0.15, -0.1) is 11.3 Å². The third kappa shape index (κ3) is 4.10. The quantitative estimate of drug-likeness (QED) is 0.797. The monoisotopic (exact) mass is 242 g/mol. The zero-order chi connectivity index (χ0) is 12.0. The molecule has 0 aliphatic heterocycles. The molecule has 0 bridgehead atoms. The number of aromatic nitrogens is 1. The molecule has 0 aromatic carbocycles. The molecule has 1 atom stereocenters. The van der Waals surface area contributed by atoms with Gasteiger partial charge in [0.25, 0.3) is 0 Å². The molecule has 1 rings (SSSR count). The minimum atomic E-state index is 0.343. The summed E-state index contributed by atoms with van der Waals surface area (Å²) in [7, 11) is 0. The van der Waals surface area contributed by atoms with Gasteiger partial charge in [0, 0.05) is 12.0 Å². The molecule has 4 heteroatoms. The minimum Gasteiger partial charge on any atom is -0.380 e. The maximum Gasteiger partial charge on any atom is 0.183 e. The average molecular weight is 242 g/mol. The van der Waals surface area contributed by atoms with Crippen molar-refractivity contribution in [3.8, 4) is 0 Å². The zero-order valence-electron chi connectivity index (χ0n) is 10.6. The van der Waals surface area contributed by atoms with Crippen LogP contribution in [0.15, 0.2) is 5.38 Å². The normalized spacial score (nSPS) is 13.1. The second-order valence-corrected chi connectivity index (χ2v) is 5.01. The van der Waals surface area contributed by atoms with Gasteiger partial charge in [-0.05, 0) is 19.3 Å². The first kappa shape index (κ1) is 13.5. The minimum absolute atomic E-state index is 0.343. The smallest absolute Gasteiger partial charge is 0.183 e. The van der Waals surface area contributed by atoms with Crippen molar-refractivity contribution in [1.29, 1.82) is 0 Å². The fourth-order valence-electron chi connectivity index (χ4n) is 1.34. The third-order valence-corrected chi connectivity index (χ3v) is 3.35. The third-order valence-electron chi connectivity index (χ3n) is 2.53. The molecule has 0 saturated heterocycles. The van der Waals surface area contributed by atoms with Crippen LogP contribution in [-0.2, 0) is 11.2 Å². The fourth-order valence-corrected chi connectivity index (χ4v) is 2.20. The van der Waals surface area contributed by atoms with Crippen molar-refractivity contribution in [3.05, 3.63) is 11.1 Å². The molecule has 0 aliphatic rings. The van der Waals surface area contributed by atoms with E-state index in [1.165, 1.54) is 0 Å². The number of anilines is 1. The Morgan fingerprint density at radius 3 is 2.69 bits per heavy atom. The number of nitrogens with zero attached hydrogens (tertiary/aromatic N) is 1. The summed E-state index contributed by atoms with van der Waals surface area (Å²) < 4.78 is 5.48. The van der Waals surface area contributed by atoms with E-state index in [9.17, 15) is 0 Å². The highest BCUT2D eigenvalue weighted by atomic mass is 32.1. The standard InChI is InChI=1S/C12H22N2OS/c1-5-10-8-16-12(13-10)14-11(9(3)4)7-15-6-2/h8-9,11H,5-7H2,1-4H3,(H,13,14). The summed E-state index contributed by atoms with van der Waals surface area (Å²) in [6.45, 7) is 10.1. The van der Waals surface area contributed by atoms with Gasteiger partial charge in [-0.2, -0.15) is 0 Å². The molecular weight excluding hydrogens is 220 g/mol. The fraction of sp³-hybridized carbons (Fsp3) is 0.750. The molecule has 1 aromatic heterocycles. The molecule has 1 heterocycles. The molecule has 0 fully saturated rings. The van der Waals surface area contributed by atoms with E-state index in [-0.39, 0.29) is 0 Å². The van der Waals surface area contributed by atoms with Gasteiger partial charge in [-0.25, -0.2) is 4.98 Å². The molecule has 92 valence electrons. The molecule has 1 N–H and O–H groups in total. The van der Waals surface area contributed by atoms with E-state index in [2.05, 4.69) is 36.5 Å². The van der Waals surface area contributed by atoms with Crippen LogP contribution in [0.4, 0.5) is 5.13 Å². The highest BCUT2D eigenvalue weighted by molar-refractivity contribution is 7.13. The Bertz CT molecular complexity index is 299. The molecule has 1 aromatic rings. The second-order valence-electron chi connectivity index (χ2n) is 4.15. The first-order valence-corrected chi connectivity index (χ1v) is 6.84. The van der Waals surface area contributed by atoms with Gasteiger partial charge in [0.2, 0.25) is 0 Å². The highest BCUT2D eigenvalue weighted by Gasteiger charge is 2.14. The number of ether oxygens (including phenoxy) is 1. The van der Waals surface area contributed by atoms with Crippen LogP contribution < -0.4 is 5.32 Å². The average Bonchev–Trinajstić information content (AvgIpc) is 2.71. The van der Waals surface area contributed by atoms with E-state index in [0.717, 1.165) is 30.5 Å². The van der Waals surface area contributed by atoms with Crippen molar-refractivity contribution in [3.63, 3.8) is 0 Å². The SMILES string of the molecule is CCOCC(Nc1nc(CC)cs1)C(C)C. The Labute approximate surface area is 102 Å². The van der Waals surface area contributed by atoms with Crippen molar-refractivity contribution >= 4 is 16.5 Å². The largest absolute Gasteiger partial charge is 0.380 e.